The number of anilines is 5. The number of pyridine rings is 1. The molecule has 0 saturated carbocycles. The van der Waals surface area contributed by atoms with Gasteiger partial charge in [0.2, 0.25) is 5.95 Å². The van der Waals surface area contributed by atoms with E-state index >= 15 is 0 Å². The number of allylic oxidation sites excluding steroid dienone is 1. The number of nitrogens with zero attached hydrogens (tertiary/aromatic N) is 5. The van der Waals surface area contributed by atoms with Crippen LogP contribution in [0.2, 0.25) is 0 Å². The number of nitrogens with one attached hydrogen (secondary N) is 3. The third-order valence-electron chi connectivity index (χ3n) is 6.90. The van der Waals surface area contributed by atoms with Crippen LogP contribution in [0.5, 0.6) is 0 Å². The molecule has 10 nitrogen and oxygen atoms in total. The second-order valence-electron chi connectivity index (χ2n) is 9.95. The van der Waals surface area contributed by atoms with Crippen molar-refractivity contribution < 1.29 is 9.90 Å². The summed E-state index contributed by atoms with van der Waals surface area (Å²) < 4.78 is 0. The Hall–Kier alpha value is -4.02. The first-order chi connectivity index (χ1) is 18.4. The zero-order chi connectivity index (χ0) is 26.5. The van der Waals surface area contributed by atoms with Gasteiger partial charge in [0.05, 0.1) is 5.69 Å². The van der Waals surface area contributed by atoms with Gasteiger partial charge in [-0.05, 0) is 57.1 Å². The van der Waals surface area contributed by atoms with E-state index in [0.717, 1.165) is 37.6 Å². The molecule has 2 aliphatic rings. The first-order valence-corrected chi connectivity index (χ1v) is 13.0. The highest BCUT2D eigenvalue weighted by atomic mass is 16.3. The van der Waals surface area contributed by atoms with E-state index in [0.29, 0.717) is 48.2 Å². The summed E-state index contributed by atoms with van der Waals surface area (Å²) >= 11 is 0. The molecule has 2 aromatic heterocycles. The molecule has 5 rings (SSSR count). The van der Waals surface area contributed by atoms with E-state index in [2.05, 4.69) is 59.9 Å². The minimum Gasteiger partial charge on any atom is -0.384 e. The largest absolute Gasteiger partial charge is 0.384 e. The third-order valence-corrected chi connectivity index (χ3v) is 6.90. The second-order valence-corrected chi connectivity index (χ2v) is 9.95. The molecule has 10 heteroatoms. The van der Waals surface area contributed by atoms with Crippen molar-refractivity contribution in [2.75, 3.05) is 55.3 Å². The Morgan fingerprint density at radius 1 is 1.05 bits per heavy atom. The van der Waals surface area contributed by atoms with Crippen LogP contribution in [0.3, 0.4) is 0 Å². The molecule has 1 amide bonds. The van der Waals surface area contributed by atoms with E-state index in [1.165, 1.54) is 6.20 Å². The Labute approximate surface area is 222 Å². The van der Waals surface area contributed by atoms with Gasteiger partial charge in [-0.15, -0.1) is 0 Å². The number of carbonyl (C=O) groups excluding carboxylic acids is 1. The summed E-state index contributed by atoms with van der Waals surface area (Å²) in [5.41, 5.74) is 1.75. The maximum atomic E-state index is 13.0. The molecule has 1 saturated heterocycles. The van der Waals surface area contributed by atoms with E-state index in [-0.39, 0.29) is 5.91 Å². The number of carbonyl (C=O) groups is 1. The zero-order valence-electron chi connectivity index (χ0n) is 21.8. The van der Waals surface area contributed by atoms with E-state index in [4.69, 9.17) is 0 Å². The highest BCUT2D eigenvalue weighted by molar-refractivity contribution is 5.99. The molecule has 4 heterocycles. The van der Waals surface area contributed by atoms with Crippen molar-refractivity contribution in [3.63, 3.8) is 0 Å². The Balaban J connectivity index is 1.43. The average Bonchev–Trinajstić information content (AvgIpc) is 2.91. The summed E-state index contributed by atoms with van der Waals surface area (Å²) in [5.74, 6) is 0.858. The van der Waals surface area contributed by atoms with Gasteiger partial charge in [-0.1, -0.05) is 24.3 Å². The predicted molar refractivity (Wildman–Crippen MR) is 149 cm³/mol. The monoisotopic (exact) mass is 514 g/mol. The maximum absolute atomic E-state index is 13.0. The lowest BCUT2D eigenvalue weighted by Crippen LogP contribution is -2.44. The average molecular weight is 515 g/mol. The van der Waals surface area contributed by atoms with Crippen molar-refractivity contribution in [2.24, 2.45) is 0 Å². The van der Waals surface area contributed by atoms with Gasteiger partial charge in [0.15, 0.2) is 0 Å². The molecule has 0 aliphatic carbocycles. The molecule has 0 radical (unpaired) electrons. The second kappa shape index (κ2) is 11.2. The van der Waals surface area contributed by atoms with Gasteiger partial charge in [0.25, 0.3) is 5.91 Å². The number of hydrogen-bond donors (Lipinski definition) is 4. The predicted octanol–water partition coefficient (Wildman–Crippen LogP) is 3.40. The minimum absolute atomic E-state index is 0.291. The van der Waals surface area contributed by atoms with Gasteiger partial charge in [0, 0.05) is 50.3 Å². The fourth-order valence-electron chi connectivity index (χ4n) is 4.54. The SMILES string of the molecule is CN1CCN(c2cccc(Nc3ncc4c(n3)Nc3cccc(n3)C(C)(O)CC/C=C\CNC4=O)c2)CC1. The topological polar surface area (TPSA) is 119 Å². The molecule has 198 valence electrons. The lowest BCUT2D eigenvalue weighted by atomic mass is 9.95. The maximum Gasteiger partial charge on any atom is 0.256 e. The van der Waals surface area contributed by atoms with Gasteiger partial charge >= 0.3 is 0 Å². The number of hydrogen-bond acceptors (Lipinski definition) is 9. The van der Waals surface area contributed by atoms with Gasteiger partial charge in [-0.25, -0.2) is 9.97 Å². The molecule has 3 aromatic rings. The fraction of sp³-hybridized carbons (Fsp3) is 0.357. The number of aliphatic hydroxyl groups is 1. The molecule has 2 bridgehead atoms. The van der Waals surface area contributed by atoms with E-state index in [1.807, 2.05) is 30.4 Å². The molecule has 1 fully saturated rings. The number of rotatable bonds is 3. The van der Waals surface area contributed by atoms with Crippen LogP contribution in [0.25, 0.3) is 0 Å². The normalized spacial score (nSPS) is 21.4. The highest BCUT2D eigenvalue weighted by Gasteiger charge is 2.25. The van der Waals surface area contributed by atoms with E-state index in [9.17, 15) is 9.90 Å². The lowest BCUT2D eigenvalue weighted by molar-refractivity contribution is 0.0444. The third kappa shape index (κ3) is 6.09. The van der Waals surface area contributed by atoms with Crippen molar-refractivity contribution >= 4 is 34.9 Å². The van der Waals surface area contributed by atoms with Crippen LogP contribution in [-0.4, -0.2) is 70.6 Å². The number of fused-ring (bicyclic) bond motifs is 3. The van der Waals surface area contributed by atoms with Gasteiger partial charge in [-0.3, -0.25) is 4.79 Å². The van der Waals surface area contributed by atoms with Gasteiger partial charge in [0.1, 0.15) is 22.8 Å². The molecule has 1 aromatic carbocycles. The molecule has 1 atom stereocenters. The summed E-state index contributed by atoms with van der Waals surface area (Å²) in [4.78, 5) is 31.3. The molecule has 0 spiro atoms. The Morgan fingerprint density at radius 3 is 2.71 bits per heavy atom. The number of piperazine rings is 1. The van der Waals surface area contributed by atoms with Crippen molar-refractivity contribution in [2.45, 2.75) is 25.4 Å². The van der Waals surface area contributed by atoms with Crippen LogP contribution < -0.4 is 20.9 Å². The molecular formula is C28H34N8O2. The Morgan fingerprint density at radius 2 is 1.87 bits per heavy atom. The summed E-state index contributed by atoms with van der Waals surface area (Å²) in [5, 5.41) is 20.3. The quantitative estimate of drug-likeness (QED) is 0.390. The van der Waals surface area contributed by atoms with E-state index in [1.54, 1.807) is 19.1 Å². The van der Waals surface area contributed by atoms with Crippen molar-refractivity contribution in [1.29, 1.82) is 0 Å². The van der Waals surface area contributed by atoms with Crippen LogP contribution in [0, 0.1) is 0 Å². The van der Waals surface area contributed by atoms with Crippen LogP contribution in [0.1, 0.15) is 35.8 Å². The Bertz CT molecular complexity index is 1320. The number of benzene rings is 1. The smallest absolute Gasteiger partial charge is 0.256 e. The summed E-state index contributed by atoms with van der Waals surface area (Å²) in [6, 6.07) is 13.6. The number of aromatic nitrogens is 3. The molecular weight excluding hydrogens is 480 g/mol. The minimum atomic E-state index is -1.09. The molecule has 4 N–H and O–H groups in total. The van der Waals surface area contributed by atoms with Crippen LogP contribution >= 0.6 is 0 Å². The van der Waals surface area contributed by atoms with Crippen molar-refractivity contribution in [3.8, 4) is 0 Å². The van der Waals surface area contributed by atoms with Crippen LogP contribution in [0.15, 0.2) is 60.8 Å². The van der Waals surface area contributed by atoms with E-state index < -0.39 is 5.60 Å². The summed E-state index contributed by atoms with van der Waals surface area (Å²) in [6.07, 6.45) is 6.50. The number of amides is 1. The standard InChI is InChI=1S/C28H34N8O2/c1-28(38)12-4-3-5-13-29-26(37)22-19-30-27(34-25(22)33-24-11-7-10-23(28)32-24)31-20-8-6-9-21(18-20)36-16-14-35(2)15-17-36/h3,5-11,18-19,38H,4,12-17H2,1-2H3,(H,29,37)(H2,30,31,32,33,34)/b5-3-. The highest BCUT2D eigenvalue weighted by Crippen LogP contribution is 2.28. The first-order valence-electron chi connectivity index (χ1n) is 13.0. The van der Waals surface area contributed by atoms with Gasteiger partial charge in [-0.2, -0.15) is 4.98 Å². The van der Waals surface area contributed by atoms with Gasteiger partial charge < -0.3 is 30.9 Å². The molecule has 1 unspecified atom stereocenters. The lowest BCUT2D eigenvalue weighted by Gasteiger charge is -2.34. The zero-order valence-corrected chi connectivity index (χ0v) is 21.8. The summed E-state index contributed by atoms with van der Waals surface area (Å²) in [7, 11) is 2.14. The fourth-order valence-corrected chi connectivity index (χ4v) is 4.54. The van der Waals surface area contributed by atoms with Crippen LogP contribution in [0.4, 0.5) is 29.0 Å². The molecule has 38 heavy (non-hydrogen) atoms. The van der Waals surface area contributed by atoms with Crippen molar-refractivity contribution in [3.05, 3.63) is 72.1 Å². The molecule has 2 aliphatic heterocycles. The Kier molecular flexibility index (Phi) is 7.52. The van der Waals surface area contributed by atoms with Crippen LogP contribution in [-0.2, 0) is 5.60 Å². The number of likely N-dealkylation sites (N-methyl/N-ethyl adjacent to an activating group) is 1. The summed E-state index contributed by atoms with van der Waals surface area (Å²) in [6.45, 7) is 6.13. The first kappa shape index (κ1) is 25.6. The van der Waals surface area contributed by atoms with Crippen molar-refractivity contribution in [1.82, 2.24) is 25.2 Å².